The summed E-state index contributed by atoms with van der Waals surface area (Å²) in [5.41, 5.74) is 0.475. The van der Waals surface area contributed by atoms with E-state index in [0.29, 0.717) is 17.0 Å². The highest BCUT2D eigenvalue weighted by molar-refractivity contribution is 9.10. The van der Waals surface area contributed by atoms with Gasteiger partial charge < -0.3 is 10.4 Å². The minimum absolute atomic E-state index is 0.240. The van der Waals surface area contributed by atoms with E-state index < -0.39 is 6.10 Å². The Bertz CT molecular complexity index is 364. The lowest BCUT2D eigenvalue weighted by Crippen LogP contribution is -2.31. The molecule has 0 bridgehead atoms. The lowest BCUT2D eigenvalue weighted by molar-refractivity contribution is 0.0914. The van der Waals surface area contributed by atoms with Crippen LogP contribution < -0.4 is 5.32 Å². The minimum Gasteiger partial charge on any atom is -0.391 e. The quantitative estimate of drug-likeness (QED) is 0.898. The van der Waals surface area contributed by atoms with Gasteiger partial charge in [-0.05, 0) is 24.6 Å². The van der Waals surface area contributed by atoms with Gasteiger partial charge in [0, 0.05) is 21.6 Å². The number of benzene rings is 1. The van der Waals surface area contributed by atoms with Gasteiger partial charge in [0.15, 0.2) is 0 Å². The van der Waals surface area contributed by atoms with Gasteiger partial charge in [-0.15, -0.1) is 0 Å². The van der Waals surface area contributed by atoms with E-state index in [9.17, 15) is 9.90 Å². The molecule has 0 aromatic heterocycles. The van der Waals surface area contributed by atoms with E-state index >= 15 is 0 Å². The van der Waals surface area contributed by atoms with E-state index in [4.69, 9.17) is 11.6 Å². The first-order valence-corrected chi connectivity index (χ1v) is 6.12. The van der Waals surface area contributed by atoms with Crippen LogP contribution in [0.5, 0.6) is 0 Å². The van der Waals surface area contributed by atoms with Gasteiger partial charge in [-0.1, -0.05) is 34.5 Å². The SMILES string of the molecule is CCC(O)CNC(=O)c1cc(Cl)cc(Br)c1. The Morgan fingerprint density at radius 2 is 2.25 bits per heavy atom. The molecule has 0 aliphatic rings. The number of nitrogens with one attached hydrogen (secondary N) is 1. The Morgan fingerprint density at radius 1 is 1.56 bits per heavy atom. The molecule has 1 atom stereocenters. The maximum atomic E-state index is 11.7. The number of carbonyl (C=O) groups excluding carboxylic acids is 1. The molecular weight excluding hydrogens is 293 g/mol. The fourth-order valence-corrected chi connectivity index (χ4v) is 2.00. The highest BCUT2D eigenvalue weighted by Crippen LogP contribution is 2.19. The molecule has 0 aliphatic carbocycles. The van der Waals surface area contributed by atoms with Crippen molar-refractivity contribution in [2.24, 2.45) is 0 Å². The largest absolute Gasteiger partial charge is 0.391 e. The Morgan fingerprint density at radius 3 is 2.81 bits per heavy atom. The molecule has 1 aromatic carbocycles. The molecule has 1 aromatic rings. The second-order valence-electron chi connectivity index (χ2n) is 3.43. The number of hydrogen-bond acceptors (Lipinski definition) is 2. The molecule has 0 saturated carbocycles. The van der Waals surface area contributed by atoms with Gasteiger partial charge in [-0.2, -0.15) is 0 Å². The molecular formula is C11H13BrClNO2. The van der Waals surface area contributed by atoms with Crippen LogP contribution in [0.1, 0.15) is 23.7 Å². The first-order chi connectivity index (χ1) is 7.52. The van der Waals surface area contributed by atoms with Crippen molar-refractivity contribution in [3.8, 4) is 0 Å². The lowest BCUT2D eigenvalue weighted by Gasteiger charge is -2.09. The Labute approximate surface area is 108 Å². The van der Waals surface area contributed by atoms with E-state index in [-0.39, 0.29) is 12.5 Å². The van der Waals surface area contributed by atoms with Gasteiger partial charge in [0.05, 0.1) is 6.10 Å². The molecule has 1 unspecified atom stereocenters. The normalized spacial score (nSPS) is 12.2. The molecule has 0 radical (unpaired) electrons. The van der Waals surface area contributed by atoms with Gasteiger partial charge in [0.1, 0.15) is 0 Å². The predicted octanol–water partition coefficient (Wildman–Crippen LogP) is 2.60. The summed E-state index contributed by atoms with van der Waals surface area (Å²) in [5.74, 6) is -0.240. The fourth-order valence-electron chi connectivity index (χ4n) is 1.14. The van der Waals surface area contributed by atoms with Crippen molar-refractivity contribution in [1.82, 2.24) is 5.32 Å². The van der Waals surface area contributed by atoms with Crippen molar-refractivity contribution in [3.63, 3.8) is 0 Å². The maximum absolute atomic E-state index is 11.7. The number of hydrogen-bond donors (Lipinski definition) is 2. The number of amides is 1. The van der Waals surface area contributed by atoms with Gasteiger partial charge >= 0.3 is 0 Å². The summed E-state index contributed by atoms with van der Waals surface area (Å²) in [6, 6.07) is 4.97. The second-order valence-corrected chi connectivity index (χ2v) is 4.78. The average molecular weight is 307 g/mol. The topological polar surface area (TPSA) is 49.3 Å². The van der Waals surface area contributed by atoms with Gasteiger partial charge in [-0.3, -0.25) is 4.79 Å². The maximum Gasteiger partial charge on any atom is 0.251 e. The zero-order valence-corrected chi connectivity index (χ0v) is 11.2. The molecule has 0 aliphatic heterocycles. The van der Waals surface area contributed by atoms with Crippen LogP contribution in [-0.4, -0.2) is 23.7 Å². The summed E-state index contributed by atoms with van der Waals surface area (Å²) in [7, 11) is 0. The van der Waals surface area contributed by atoms with Crippen LogP contribution >= 0.6 is 27.5 Å². The van der Waals surface area contributed by atoms with Crippen molar-refractivity contribution in [3.05, 3.63) is 33.3 Å². The average Bonchev–Trinajstić information content (AvgIpc) is 2.23. The van der Waals surface area contributed by atoms with E-state index in [0.717, 1.165) is 4.47 Å². The van der Waals surface area contributed by atoms with Crippen LogP contribution in [0, 0.1) is 0 Å². The summed E-state index contributed by atoms with van der Waals surface area (Å²) in [6.07, 6.45) is 0.103. The molecule has 1 amide bonds. The Kier molecular flexibility index (Phi) is 5.25. The smallest absolute Gasteiger partial charge is 0.251 e. The summed E-state index contributed by atoms with van der Waals surface area (Å²) in [5, 5.41) is 12.4. The van der Waals surface area contributed by atoms with E-state index in [2.05, 4.69) is 21.2 Å². The van der Waals surface area contributed by atoms with Crippen molar-refractivity contribution < 1.29 is 9.90 Å². The summed E-state index contributed by atoms with van der Waals surface area (Å²) >= 11 is 9.09. The zero-order valence-electron chi connectivity index (χ0n) is 8.84. The van der Waals surface area contributed by atoms with E-state index in [1.165, 1.54) is 0 Å². The molecule has 2 N–H and O–H groups in total. The van der Waals surface area contributed by atoms with Crippen LogP contribution in [0.4, 0.5) is 0 Å². The third-order valence-corrected chi connectivity index (χ3v) is 2.77. The molecule has 88 valence electrons. The van der Waals surface area contributed by atoms with Crippen molar-refractivity contribution in [1.29, 1.82) is 0 Å². The predicted molar refractivity (Wildman–Crippen MR) is 67.8 cm³/mol. The monoisotopic (exact) mass is 305 g/mol. The van der Waals surface area contributed by atoms with Crippen LogP contribution in [0.15, 0.2) is 22.7 Å². The summed E-state index contributed by atoms with van der Waals surface area (Å²) in [6.45, 7) is 2.10. The third-order valence-electron chi connectivity index (χ3n) is 2.09. The molecule has 16 heavy (non-hydrogen) atoms. The lowest BCUT2D eigenvalue weighted by atomic mass is 10.2. The van der Waals surface area contributed by atoms with Crippen LogP contribution in [0.2, 0.25) is 5.02 Å². The minimum atomic E-state index is -0.508. The van der Waals surface area contributed by atoms with E-state index in [1.807, 2.05) is 6.92 Å². The molecule has 3 nitrogen and oxygen atoms in total. The van der Waals surface area contributed by atoms with Crippen molar-refractivity contribution in [2.45, 2.75) is 19.4 Å². The second kappa shape index (κ2) is 6.23. The number of carbonyl (C=O) groups is 1. The zero-order chi connectivity index (χ0) is 12.1. The molecule has 0 saturated heterocycles. The first-order valence-electron chi connectivity index (χ1n) is 4.95. The number of aliphatic hydroxyl groups excluding tert-OH is 1. The third kappa shape index (κ3) is 4.12. The highest BCUT2D eigenvalue weighted by Gasteiger charge is 2.09. The number of rotatable bonds is 4. The van der Waals surface area contributed by atoms with Crippen LogP contribution in [-0.2, 0) is 0 Å². The standard InChI is InChI=1S/C11H13BrClNO2/c1-2-10(15)6-14-11(16)7-3-8(12)5-9(13)4-7/h3-5,10,15H,2,6H2,1H3,(H,14,16). The number of aliphatic hydroxyl groups is 1. The van der Waals surface area contributed by atoms with E-state index in [1.54, 1.807) is 18.2 Å². The molecule has 0 spiro atoms. The summed E-state index contributed by atoms with van der Waals surface area (Å²) in [4.78, 5) is 11.7. The highest BCUT2D eigenvalue weighted by atomic mass is 79.9. The van der Waals surface area contributed by atoms with Crippen molar-refractivity contribution in [2.75, 3.05) is 6.54 Å². The van der Waals surface area contributed by atoms with Gasteiger partial charge in [-0.25, -0.2) is 0 Å². The van der Waals surface area contributed by atoms with Crippen LogP contribution in [0.25, 0.3) is 0 Å². The van der Waals surface area contributed by atoms with Crippen LogP contribution in [0.3, 0.4) is 0 Å². The van der Waals surface area contributed by atoms with Crippen molar-refractivity contribution >= 4 is 33.4 Å². The van der Waals surface area contributed by atoms with Gasteiger partial charge in [0.25, 0.3) is 5.91 Å². The Balaban J connectivity index is 2.66. The molecule has 0 heterocycles. The molecule has 5 heteroatoms. The summed E-state index contributed by atoms with van der Waals surface area (Å²) < 4.78 is 0.751. The molecule has 1 rings (SSSR count). The van der Waals surface area contributed by atoms with Gasteiger partial charge in [0.2, 0.25) is 0 Å². The number of halogens is 2. The fraction of sp³-hybridized carbons (Fsp3) is 0.364. The Hall–Kier alpha value is -0.580. The first kappa shape index (κ1) is 13.5. The molecule has 0 fully saturated rings.